The average molecular weight is 189 g/mol. The van der Waals surface area contributed by atoms with E-state index in [1.165, 1.54) is 19.3 Å². The van der Waals surface area contributed by atoms with Gasteiger partial charge >= 0.3 is 5.97 Å². The summed E-state index contributed by atoms with van der Waals surface area (Å²) in [7, 11) is 0. The Kier molecular flexibility index (Phi) is 10.9. The average Bonchev–Trinajstić information content (AvgIpc) is 2.04. The van der Waals surface area contributed by atoms with Crippen LogP contribution in [0.25, 0.3) is 0 Å². The number of hydrogen-bond donors (Lipinski definition) is 2. The van der Waals surface area contributed by atoms with Crippen LogP contribution in [-0.2, 0) is 4.79 Å². The summed E-state index contributed by atoms with van der Waals surface area (Å²) >= 11 is 0. The molecule has 0 aromatic carbocycles. The molecule has 0 rings (SSSR count). The lowest BCUT2D eigenvalue weighted by Gasteiger charge is -2.08. The van der Waals surface area contributed by atoms with Gasteiger partial charge in [-0.2, -0.15) is 0 Å². The highest BCUT2D eigenvalue weighted by molar-refractivity contribution is 5.69. The first-order valence-corrected chi connectivity index (χ1v) is 4.95. The first-order chi connectivity index (χ1) is 5.72. The Morgan fingerprint density at radius 2 is 1.85 bits per heavy atom. The van der Waals surface area contributed by atoms with E-state index in [0.29, 0.717) is 0 Å². The van der Waals surface area contributed by atoms with Crippen LogP contribution in [0.5, 0.6) is 0 Å². The van der Waals surface area contributed by atoms with Crippen LogP contribution in [0.3, 0.4) is 0 Å². The zero-order valence-electron chi connectivity index (χ0n) is 8.88. The van der Waals surface area contributed by atoms with E-state index < -0.39 is 5.97 Å². The van der Waals surface area contributed by atoms with Gasteiger partial charge in [0.05, 0.1) is 5.92 Å². The highest BCUT2D eigenvalue weighted by Crippen LogP contribution is 2.13. The van der Waals surface area contributed by atoms with E-state index in [1.807, 2.05) is 6.92 Å². The highest BCUT2D eigenvalue weighted by atomic mass is 16.4. The third-order valence-corrected chi connectivity index (χ3v) is 2.25. The second kappa shape index (κ2) is 9.52. The highest BCUT2D eigenvalue weighted by Gasteiger charge is 2.13. The molecule has 0 aliphatic heterocycles. The molecule has 13 heavy (non-hydrogen) atoms. The minimum atomic E-state index is -0.631. The molecule has 3 heteroatoms. The van der Waals surface area contributed by atoms with Gasteiger partial charge in [0.2, 0.25) is 0 Å². The topological polar surface area (TPSA) is 72.3 Å². The van der Waals surface area contributed by atoms with E-state index in [4.69, 9.17) is 5.11 Å². The van der Waals surface area contributed by atoms with Crippen LogP contribution in [0.2, 0.25) is 0 Å². The molecule has 0 saturated carbocycles. The normalized spacial score (nSPS) is 11.8. The molecule has 0 spiro atoms. The summed E-state index contributed by atoms with van der Waals surface area (Å²) in [5.74, 6) is -0.740. The zero-order chi connectivity index (χ0) is 9.40. The molecule has 0 radical (unpaired) electrons. The molecular formula is C10H23NO2. The van der Waals surface area contributed by atoms with Gasteiger partial charge in [-0.05, 0) is 12.8 Å². The largest absolute Gasteiger partial charge is 0.481 e. The van der Waals surface area contributed by atoms with Gasteiger partial charge in [-0.25, -0.2) is 0 Å². The number of aliphatic carboxylic acids is 1. The standard InChI is InChI=1S/C10H20O2.H3N/c1-3-5-6-7-8-9(4-2)10(11)12;/h9H,3-8H2,1-2H3,(H,11,12);1H3. The van der Waals surface area contributed by atoms with Gasteiger partial charge in [-0.15, -0.1) is 0 Å². The Labute approximate surface area is 81.1 Å². The van der Waals surface area contributed by atoms with Gasteiger partial charge in [0.25, 0.3) is 0 Å². The van der Waals surface area contributed by atoms with Gasteiger partial charge in [0.15, 0.2) is 0 Å². The first kappa shape index (κ1) is 14.9. The molecule has 0 aliphatic carbocycles. The number of hydrogen-bond acceptors (Lipinski definition) is 2. The van der Waals surface area contributed by atoms with Gasteiger partial charge in [0.1, 0.15) is 0 Å². The van der Waals surface area contributed by atoms with Crippen molar-refractivity contribution in [1.29, 1.82) is 0 Å². The van der Waals surface area contributed by atoms with E-state index in [0.717, 1.165) is 19.3 Å². The number of carboxylic acids is 1. The molecule has 0 aromatic heterocycles. The van der Waals surface area contributed by atoms with Crippen molar-refractivity contribution in [1.82, 2.24) is 6.15 Å². The SMILES string of the molecule is CCCCCCC(CC)C(=O)O.N. The monoisotopic (exact) mass is 189 g/mol. The van der Waals surface area contributed by atoms with Crippen LogP contribution in [0.4, 0.5) is 0 Å². The van der Waals surface area contributed by atoms with Crippen molar-refractivity contribution in [3.63, 3.8) is 0 Å². The van der Waals surface area contributed by atoms with E-state index in [-0.39, 0.29) is 12.1 Å². The number of carboxylic acid groups (broad SMARTS) is 1. The minimum absolute atomic E-state index is 0. The van der Waals surface area contributed by atoms with Crippen LogP contribution >= 0.6 is 0 Å². The van der Waals surface area contributed by atoms with Crippen LogP contribution in [0, 0.1) is 5.92 Å². The van der Waals surface area contributed by atoms with Crippen LogP contribution in [0.15, 0.2) is 0 Å². The molecule has 0 aliphatic rings. The van der Waals surface area contributed by atoms with Crippen molar-refractivity contribution in [2.75, 3.05) is 0 Å². The van der Waals surface area contributed by atoms with E-state index >= 15 is 0 Å². The second-order valence-electron chi connectivity index (χ2n) is 3.29. The van der Waals surface area contributed by atoms with E-state index in [2.05, 4.69) is 6.92 Å². The molecule has 0 amide bonds. The molecular weight excluding hydrogens is 166 g/mol. The van der Waals surface area contributed by atoms with Crippen molar-refractivity contribution in [2.45, 2.75) is 52.4 Å². The van der Waals surface area contributed by atoms with Crippen LogP contribution < -0.4 is 6.15 Å². The Balaban J connectivity index is 0. The molecule has 0 fully saturated rings. The fourth-order valence-corrected chi connectivity index (χ4v) is 1.32. The lowest BCUT2D eigenvalue weighted by molar-refractivity contribution is -0.142. The Bertz CT molecular complexity index is 126. The summed E-state index contributed by atoms with van der Waals surface area (Å²) in [6.07, 6.45) is 6.31. The predicted octanol–water partition coefficient (Wildman–Crippen LogP) is 3.23. The summed E-state index contributed by atoms with van der Waals surface area (Å²) in [6, 6.07) is 0. The quantitative estimate of drug-likeness (QED) is 0.604. The molecule has 0 saturated heterocycles. The third kappa shape index (κ3) is 7.78. The molecule has 0 heterocycles. The van der Waals surface area contributed by atoms with Gasteiger partial charge in [0, 0.05) is 0 Å². The van der Waals surface area contributed by atoms with Gasteiger partial charge < -0.3 is 11.3 Å². The maximum atomic E-state index is 10.6. The molecule has 0 aromatic rings. The molecule has 80 valence electrons. The van der Waals surface area contributed by atoms with Crippen molar-refractivity contribution in [2.24, 2.45) is 5.92 Å². The second-order valence-corrected chi connectivity index (χ2v) is 3.29. The van der Waals surface area contributed by atoms with E-state index in [1.54, 1.807) is 0 Å². The third-order valence-electron chi connectivity index (χ3n) is 2.25. The maximum absolute atomic E-state index is 10.6. The maximum Gasteiger partial charge on any atom is 0.306 e. The number of carbonyl (C=O) groups is 1. The molecule has 1 atom stereocenters. The summed E-state index contributed by atoms with van der Waals surface area (Å²) in [4.78, 5) is 10.6. The lowest BCUT2D eigenvalue weighted by Crippen LogP contribution is -2.12. The summed E-state index contributed by atoms with van der Waals surface area (Å²) in [6.45, 7) is 4.10. The van der Waals surface area contributed by atoms with Crippen molar-refractivity contribution >= 4 is 5.97 Å². The summed E-state index contributed by atoms with van der Waals surface area (Å²) in [5, 5.41) is 8.73. The molecule has 3 nitrogen and oxygen atoms in total. The molecule has 4 N–H and O–H groups in total. The molecule has 0 bridgehead atoms. The smallest absolute Gasteiger partial charge is 0.306 e. The first-order valence-electron chi connectivity index (χ1n) is 4.95. The Hall–Kier alpha value is -0.570. The number of rotatable bonds is 7. The minimum Gasteiger partial charge on any atom is -0.481 e. The van der Waals surface area contributed by atoms with Crippen LogP contribution in [0.1, 0.15) is 52.4 Å². The van der Waals surface area contributed by atoms with Gasteiger partial charge in [-0.1, -0.05) is 39.5 Å². The zero-order valence-corrected chi connectivity index (χ0v) is 8.88. The Morgan fingerprint density at radius 3 is 2.23 bits per heavy atom. The number of unbranched alkanes of at least 4 members (excludes halogenated alkanes) is 3. The van der Waals surface area contributed by atoms with Crippen molar-refractivity contribution in [3.8, 4) is 0 Å². The lowest BCUT2D eigenvalue weighted by atomic mass is 9.99. The fourth-order valence-electron chi connectivity index (χ4n) is 1.32. The van der Waals surface area contributed by atoms with E-state index in [9.17, 15) is 4.79 Å². The van der Waals surface area contributed by atoms with Gasteiger partial charge in [-0.3, -0.25) is 4.79 Å². The molecule has 1 unspecified atom stereocenters. The fraction of sp³-hybridized carbons (Fsp3) is 0.900. The van der Waals surface area contributed by atoms with Crippen molar-refractivity contribution < 1.29 is 9.90 Å². The summed E-state index contributed by atoms with van der Waals surface area (Å²) < 4.78 is 0. The predicted molar refractivity (Wildman–Crippen MR) is 55.2 cm³/mol. The van der Waals surface area contributed by atoms with Crippen LogP contribution in [-0.4, -0.2) is 11.1 Å². The van der Waals surface area contributed by atoms with Crippen molar-refractivity contribution in [3.05, 3.63) is 0 Å². The Morgan fingerprint density at radius 1 is 1.23 bits per heavy atom. The summed E-state index contributed by atoms with van der Waals surface area (Å²) in [5.41, 5.74) is 0.